The van der Waals surface area contributed by atoms with Crippen molar-refractivity contribution < 1.29 is 0 Å². The molecule has 0 radical (unpaired) electrons. The zero-order chi connectivity index (χ0) is 18.8. The molecular formula is C23H26I2S. The predicted molar refractivity (Wildman–Crippen MR) is 136 cm³/mol. The van der Waals surface area contributed by atoms with Crippen LogP contribution in [0.25, 0.3) is 6.08 Å². The Bertz CT molecular complexity index is 712. The van der Waals surface area contributed by atoms with Gasteiger partial charge in [-0.1, -0.05) is 81.6 Å². The fourth-order valence-electron chi connectivity index (χ4n) is 2.88. The van der Waals surface area contributed by atoms with E-state index in [1.807, 2.05) is 6.08 Å². The first kappa shape index (κ1) is 22.0. The molecule has 2 aromatic carbocycles. The Morgan fingerprint density at radius 1 is 0.885 bits per heavy atom. The molecule has 0 N–H and O–H groups in total. The molecular weight excluding hydrogens is 562 g/mol. The molecule has 138 valence electrons. The lowest BCUT2D eigenvalue weighted by molar-refractivity contribution is 0.607. The Morgan fingerprint density at radius 3 is 2.15 bits per heavy atom. The van der Waals surface area contributed by atoms with Crippen molar-refractivity contribution in [2.45, 2.75) is 51.9 Å². The van der Waals surface area contributed by atoms with Crippen LogP contribution in [0.5, 0.6) is 0 Å². The van der Waals surface area contributed by atoms with Crippen molar-refractivity contribution in [3.05, 3.63) is 72.4 Å². The number of hydrogen-bond donors (Lipinski definition) is 0. The standard InChI is InChI=1S/C23H26I2S/c1-2-3-4-5-6-7-8-18-9-12-20(13-10-18)23(26)14-11-19-15-21(24)17-22(25)16-19/h9-17H,2-8H2,1H3. The molecule has 3 heteroatoms. The second-order valence-corrected chi connectivity index (χ2v) is 9.55. The van der Waals surface area contributed by atoms with Gasteiger partial charge in [-0.05, 0) is 99.0 Å². The summed E-state index contributed by atoms with van der Waals surface area (Å²) in [4.78, 5) is 0.894. The number of thiocarbonyl (C=S) groups is 1. The van der Waals surface area contributed by atoms with Crippen molar-refractivity contribution in [2.75, 3.05) is 0 Å². The van der Waals surface area contributed by atoms with E-state index in [-0.39, 0.29) is 0 Å². The van der Waals surface area contributed by atoms with Gasteiger partial charge >= 0.3 is 0 Å². The fraction of sp³-hybridized carbons (Fsp3) is 0.348. The molecule has 0 nitrogen and oxygen atoms in total. The Labute approximate surface area is 191 Å². The van der Waals surface area contributed by atoms with Crippen molar-refractivity contribution in [3.63, 3.8) is 0 Å². The molecule has 0 heterocycles. The van der Waals surface area contributed by atoms with Crippen LogP contribution in [0.1, 0.15) is 62.1 Å². The fourth-order valence-corrected chi connectivity index (χ4v) is 5.07. The van der Waals surface area contributed by atoms with Crippen LogP contribution >= 0.6 is 57.4 Å². The van der Waals surface area contributed by atoms with Gasteiger partial charge in [-0.25, -0.2) is 0 Å². The van der Waals surface area contributed by atoms with Crippen molar-refractivity contribution >= 4 is 68.3 Å². The lowest BCUT2D eigenvalue weighted by Crippen LogP contribution is -1.94. The van der Waals surface area contributed by atoms with Crippen LogP contribution in [0.4, 0.5) is 0 Å². The Balaban J connectivity index is 1.85. The van der Waals surface area contributed by atoms with Gasteiger partial charge in [0.25, 0.3) is 0 Å². The van der Waals surface area contributed by atoms with Gasteiger partial charge in [-0.2, -0.15) is 0 Å². The number of rotatable bonds is 10. The minimum absolute atomic E-state index is 0.894. The number of hydrogen-bond acceptors (Lipinski definition) is 1. The summed E-state index contributed by atoms with van der Waals surface area (Å²) >= 11 is 10.3. The summed E-state index contributed by atoms with van der Waals surface area (Å²) in [6.07, 6.45) is 13.4. The molecule has 0 aliphatic heterocycles. The molecule has 0 fully saturated rings. The molecule has 0 aromatic heterocycles. The summed E-state index contributed by atoms with van der Waals surface area (Å²) in [6, 6.07) is 15.3. The van der Waals surface area contributed by atoms with Gasteiger partial charge in [0.15, 0.2) is 0 Å². The van der Waals surface area contributed by atoms with Crippen LogP contribution in [-0.2, 0) is 6.42 Å². The lowest BCUT2D eigenvalue weighted by atomic mass is 10.0. The Hall–Kier alpha value is -0.270. The monoisotopic (exact) mass is 588 g/mol. The quantitative estimate of drug-likeness (QED) is 0.0887. The van der Waals surface area contributed by atoms with Crippen molar-refractivity contribution in [2.24, 2.45) is 0 Å². The first-order valence-corrected chi connectivity index (χ1v) is 11.9. The van der Waals surface area contributed by atoms with Crippen molar-refractivity contribution in [3.8, 4) is 0 Å². The van der Waals surface area contributed by atoms with Crippen LogP contribution in [0.3, 0.4) is 0 Å². The number of aryl methyl sites for hydroxylation is 1. The van der Waals surface area contributed by atoms with E-state index in [4.69, 9.17) is 12.2 Å². The maximum absolute atomic E-state index is 5.58. The third-order valence-electron chi connectivity index (χ3n) is 4.37. The lowest BCUT2D eigenvalue weighted by Gasteiger charge is -2.04. The summed E-state index contributed by atoms with van der Waals surface area (Å²) in [6.45, 7) is 2.27. The van der Waals surface area contributed by atoms with Gasteiger partial charge in [-0.3, -0.25) is 0 Å². The number of allylic oxidation sites excluding steroid dienone is 1. The third-order valence-corrected chi connectivity index (χ3v) is 5.99. The highest BCUT2D eigenvalue weighted by molar-refractivity contribution is 14.1. The molecule has 0 aliphatic rings. The molecule has 0 spiro atoms. The highest BCUT2D eigenvalue weighted by atomic mass is 127. The first-order valence-electron chi connectivity index (χ1n) is 9.36. The molecule has 0 saturated heterocycles. The van der Waals surface area contributed by atoms with E-state index in [9.17, 15) is 0 Å². The van der Waals surface area contributed by atoms with Gasteiger partial charge in [-0.15, -0.1) is 0 Å². The van der Waals surface area contributed by atoms with Gasteiger partial charge in [0.05, 0.1) is 0 Å². The molecule has 0 atom stereocenters. The van der Waals surface area contributed by atoms with E-state index in [2.05, 4.69) is 101 Å². The molecule has 0 saturated carbocycles. The topological polar surface area (TPSA) is 0 Å². The normalized spacial score (nSPS) is 11.2. The van der Waals surface area contributed by atoms with E-state index >= 15 is 0 Å². The second kappa shape index (κ2) is 12.2. The van der Waals surface area contributed by atoms with E-state index in [0.29, 0.717) is 0 Å². The van der Waals surface area contributed by atoms with Crippen LogP contribution in [0, 0.1) is 7.14 Å². The maximum atomic E-state index is 5.58. The summed E-state index contributed by atoms with van der Waals surface area (Å²) < 4.78 is 2.50. The Morgan fingerprint density at radius 2 is 1.50 bits per heavy atom. The first-order chi connectivity index (χ1) is 12.6. The summed E-state index contributed by atoms with van der Waals surface area (Å²) in [5.74, 6) is 0. The average Bonchev–Trinajstić information content (AvgIpc) is 2.62. The maximum Gasteiger partial charge on any atom is 0.0449 e. The molecule has 26 heavy (non-hydrogen) atoms. The largest absolute Gasteiger partial charge is 0.0795 e. The molecule has 0 bridgehead atoms. The van der Waals surface area contributed by atoms with Crippen LogP contribution in [0.2, 0.25) is 0 Å². The molecule has 2 rings (SSSR count). The van der Waals surface area contributed by atoms with Gasteiger partial charge in [0.2, 0.25) is 0 Å². The van der Waals surface area contributed by atoms with E-state index < -0.39 is 0 Å². The third kappa shape index (κ3) is 8.17. The van der Waals surface area contributed by atoms with Crippen molar-refractivity contribution in [1.82, 2.24) is 0 Å². The smallest absolute Gasteiger partial charge is 0.0449 e. The summed E-state index contributed by atoms with van der Waals surface area (Å²) in [5.41, 5.74) is 3.75. The number of halogens is 2. The van der Waals surface area contributed by atoms with Gasteiger partial charge in [0, 0.05) is 12.0 Å². The highest BCUT2D eigenvalue weighted by Crippen LogP contribution is 2.17. The predicted octanol–water partition coefficient (Wildman–Crippen LogP) is 8.23. The van der Waals surface area contributed by atoms with E-state index in [0.717, 1.165) is 10.4 Å². The molecule has 0 aliphatic carbocycles. The molecule has 2 aromatic rings. The molecule has 0 amide bonds. The molecule has 0 unspecified atom stereocenters. The summed E-state index contributed by atoms with van der Waals surface area (Å²) in [5, 5.41) is 0. The second-order valence-electron chi connectivity index (χ2n) is 6.62. The van der Waals surface area contributed by atoms with Gasteiger partial charge in [0.1, 0.15) is 0 Å². The summed E-state index contributed by atoms with van der Waals surface area (Å²) in [7, 11) is 0. The zero-order valence-electron chi connectivity index (χ0n) is 15.3. The van der Waals surface area contributed by atoms with Gasteiger partial charge < -0.3 is 0 Å². The SMILES string of the molecule is CCCCCCCCc1ccc(C(=S)C=Cc2cc(I)cc(I)c2)cc1. The van der Waals surface area contributed by atoms with E-state index in [1.54, 1.807) is 0 Å². The van der Waals surface area contributed by atoms with Crippen LogP contribution in [0.15, 0.2) is 48.5 Å². The van der Waals surface area contributed by atoms with Crippen molar-refractivity contribution in [1.29, 1.82) is 0 Å². The van der Waals surface area contributed by atoms with Crippen LogP contribution in [-0.4, -0.2) is 4.86 Å². The Kier molecular flexibility index (Phi) is 10.4. The zero-order valence-corrected chi connectivity index (χ0v) is 20.4. The highest BCUT2D eigenvalue weighted by Gasteiger charge is 2.00. The van der Waals surface area contributed by atoms with E-state index in [1.165, 1.54) is 63.2 Å². The van der Waals surface area contributed by atoms with Crippen LogP contribution < -0.4 is 0 Å². The average molecular weight is 588 g/mol. The minimum Gasteiger partial charge on any atom is -0.0795 e. The number of unbranched alkanes of at least 4 members (excludes halogenated alkanes) is 5. The minimum atomic E-state index is 0.894. The number of benzene rings is 2.